The molecule has 0 heterocycles. The summed E-state index contributed by atoms with van der Waals surface area (Å²) in [6, 6.07) is 15.2. The fourth-order valence-corrected chi connectivity index (χ4v) is 4.63. The third-order valence-electron chi connectivity index (χ3n) is 5.63. The minimum absolute atomic E-state index is 0.0460. The van der Waals surface area contributed by atoms with Crippen molar-refractivity contribution in [3.8, 4) is 0 Å². The molecule has 0 radical (unpaired) electrons. The van der Waals surface area contributed by atoms with Gasteiger partial charge in [-0.25, -0.2) is 8.42 Å². The molecular weight excluding hydrogens is 394 g/mol. The van der Waals surface area contributed by atoms with Crippen molar-refractivity contribution >= 4 is 26.8 Å². The third-order valence-corrected chi connectivity index (χ3v) is 6.75. The Morgan fingerprint density at radius 3 is 1.93 bits per heavy atom. The van der Waals surface area contributed by atoms with E-state index in [2.05, 4.69) is 32.9 Å². The van der Waals surface area contributed by atoms with Gasteiger partial charge in [-0.1, -0.05) is 57.2 Å². The minimum Gasteiger partial charge on any atom is -0.309 e. The van der Waals surface area contributed by atoms with E-state index >= 15 is 0 Å². The molecule has 1 aliphatic carbocycles. The van der Waals surface area contributed by atoms with E-state index in [4.69, 9.17) is 0 Å². The summed E-state index contributed by atoms with van der Waals surface area (Å²) in [5.41, 5.74) is 4.86. The fourth-order valence-electron chi connectivity index (χ4n) is 4.00. The van der Waals surface area contributed by atoms with Crippen LogP contribution < -0.4 is 0 Å². The second kappa shape index (κ2) is 8.12. The molecule has 4 nitrogen and oxygen atoms in total. The Labute approximate surface area is 180 Å². The number of carbonyl (C=O) groups is 1. The zero-order valence-corrected chi connectivity index (χ0v) is 19.5. The summed E-state index contributed by atoms with van der Waals surface area (Å²) in [6.45, 7) is 7.20. The summed E-state index contributed by atoms with van der Waals surface area (Å²) < 4.78 is 23.6. The maximum absolute atomic E-state index is 13.4. The van der Waals surface area contributed by atoms with Gasteiger partial charge in [-0.3, -0.25) is 4.79 Å². The van der Waals surface area contributed by atoms with E-state index in [1.165, 1.54) is 11.8 Å². The monoisotopic (exact) mass is 425 g/mol. The highest BCUT2D eigenvalue weighted by atomic mass is 32.2. The highest BCUT2D eigenvalue weighted by molar-refractivity contribution is 7.90. The Balaban J connectivity index is 2.08. The summed E-state index contributed by atoms with van der Waals surface area (Å²) in [6.07, 6.45) is 1.86. The summed E-state index contributed by atoms with van der Waals surface area (Å²) in [4.78, 5) is 15.7. The lowest BCUT2D eigenvalue weighted by Gasteiger charge is -2.19. The number of benzene rings is 2. The van der Waals surface area contributed by atoms with Gasteiger partial charge in [0, 0.05) is 24.3 Å². The summed E-state index contributed by atoms with van der Waals surface area (Å²) in [5.74, 6) is 0.0660. The Morgan fingerprint density at radius 1 is 0.933 bits per heavy atom. The molecule has 160 valence electrons. The molecule has 1 unspecified atom stereocenters. The van der Waals surface area contributed by atoms with Crippen molar-refractivity contribution in [3.63, 3.8) is 0 Å². The van der Waals surface area contributed by atoms with Crippen LogP contribution in [0.2, 0.25) is 0 Å². The van der Waals surface area contributed by atoms with E-state index in [0.717, 1.165) is 22.3 Å². The van der Waals surface area contributed by atoms with Crippen molar-refractivity contribution in [3.05, 3.63) is 65.2 Å². The number of hydrogen-bond acceptors (Lipinski definition) is 4. The average molecular weight is 426 g/mol. The number of rotatable bonds is 5. The van der Waals surface area contributed by atoms with Gasteiger partial charge in [0.2, 0.25) is 0 Å². The van der Waals surface area contributed by atoms with Crippen LogP contribution in [0.1, 0.15) is 43.9 Å². The molecule has 0 saturated heterocycles. The molecule has 2 aromatic carbocycles. The number of allylic oxidation sites excluding steroid dienone is 2. The predicted molar refractivity (Wildman–Crippen MR) is 123 cm³/mol. The van der Waals surface area contributed by atoms with Crippen LogP contribution in [0.5, 0.6) is 0 Å². The van der Waals surface area contributed by atoms with E-state index in [1.54, 1.807) is 12.1 Å². The molecule has 0 aromatic heterocycles. The zero-order valence-electron chi connectivity index (χ0n) is 18.7. The molecule has 0 saturated carbocycles. The Bertz CT molecular complexity index is 1070. The highest BCUT2D eigenvalue weighted by Gasteiger charge is 2.34. The molecule has 3 rings (SSSR count). The number of hydrogen-bond donors (Lipinski definition) is 0. The molecule has 0 spiro atoms. The number of sulfone groups is 1. The molecule has 0 aliphatic heterocycles. The van der Waals surface area contributed by atoms with Crippen molar-refractivity contribution in [2.45, 2.75) is 37.5 Å². The first-order valence-corrected chi connectivity index (χ1v) is 12.1. The molecule has 1 atom stereocenters. The van der Waals surface area contributed by atoms with Crippen LogP contribution in [0.25, 0.3) is 11.1 Å². The minimum atomic E-state index is -3.25. The van der Waals surface area contributed by atoms with Crippen LogP contribution in [-0.4, -0.2) is 46.0 Å². The van der Waals surface area contributed by atoms with Gasteiger partial charge in [-0.2, -0.15) is 0 Å². The topological polar surface area (TPSA) is 54.5 Å². The quantitative estimate of drug-likeness (QED) is 0.710. The molecule has 0 bridgehead atoms. The van der Waals surface area contributed by atoms with Crippen LogP contribution in [0.3, 0.4) is 0 Å². The number of carbonyl (C=O) groups excluding carboxylic acids is 1. The molecular formula is C25H31NO3S. The lowest BCUT2D eigenvalue weighted by Crippen LogP contribution is -2.25. The average Bonchev–Trinajstić information content (AvgIpc) is 2.96. The Hall–Kier alpha value is -2.24. The predicted octanol–water partition coefficient (Wildman–Crippen LogP) is 4.45. The first-order valence-electron chi connectivity index (χ1n) is 10.2. The van der Waals surface area contributed by atoms with Crippen LogP contribution in [0, 0.1) is 5.92 Å². The van der Waals surface area contributed by atoms with E-state index < -0.39 is 9.84 Å². The second-order valence-corrected chi connectivity index (χ2v) is 11.5. The van der Waals surface area contributed by atoms with Crippen molar-refractivity contribution in [1.82, 2.24) is 4.90 Å². The summed E-state index contributed by atoms with van der Waals surface area (Å²) in [5, 5.41) is 0. The number of ketones is 1. The smallest absolute Gasteiger partial charge is 0.175 e. The van der Waals surface area contributed by atoms with Gasteiger partial charge in [0.05, 0.1) is 4.90 Å². The third kappa shape index (κ3) is 4.73. The standard InChI is InChI=1S/C25H31NO3S/c1-25(2,3)20-11-7-18(8-12-20)23-22(15-19(24(23)27)16-26(4)5)17-9-13-21(14-10-17)30(6,28)29/h7-14,19H,15-16H2,1-6H3. The van der Waals surface area contributed by atoms with Gasteiger partial charge >= 0.3 is 0 Å². The lowest BCUT2D eigenvalue weighted by atomic mass is 9.85. The Morgan fingerprint density at radius 2 is 1.47 bits per heavy atom. The normalized spacial score (nSPS) is 17.8. The van der Waals surface area contributed by atoms with Crippen molar-refractivity contribution < 1.29 is 13.2 Å². The van der Waals surface area contributed by atoms with Crippen molar-refractivity contribution in [2.75, 3.05) is 26.9 Å². The van der Waals surface area contributed by atoms with Crippen LogP contribution in [0.15, 0.2) is 53.4 Å². The summed E-state index contributed by atoms with van der Waals surface area (Å²) >= 11 is 0. The maximum atomic E-state index is 13.4. The van der Waals surface area contributed by atoms with E-state index in [9.17, 15) is 13.2 Å². The van der Waals surface area contributed by atoms with Gasteiger partial charge in [0.15, 0.2) is 15.6 Å². The molecule has 2 aromatic rings. The highest BCUT2D eigenvalue weighted by Crippen LogP contribution is 2.41. The maximum Gasteiger partial charge on any atom is 0.175 e. The van der Waals surface area contributed by atoms with Crippen LogP contribution in [-0.2, 0) is 20.0 Å². The summed E-state index contributed by atoms with van der Waals surface area (Å²) in [7, 11) is 0.698. The van der Waals surface area contributed by atoms with Crippen LogP contribution in [0.4, 0.5) is 0 Å². The van der Waals surface area contributed by atoms with Crippen molar-refractivity contribution in [2.24, 2.45) is 5.92 Å². The SMILES string of the molecule is CN(C)CC1CC(c2ccc(S(C)(=O)=O)cc2)=C(c2ccc(C(C)(C)C)cc2)C1=O. The molecule has 1 aliphatic rings. The Kier molecular flexibility index (Phi) is 6.08. The molecule has 0 fully saturated rings. The van der Waals surface area contributed by atoms with E-state index in [-0.39, 0.29) is 22.0 Å². The number of Topliss-reactive ketones (excluding diaryl/α,β-unsaturated/α-hetero) is 1. The van der Waals surface area contributed by atoms with Crippen molar-refractivity contribution in [1.29, 1.82) is 0 Å². The van der Waals surface area contributed by atoms with Crippen LogP contribution >= 0.6 is 0 Å². The lowest BCUT2D eigenvalue weighted by molar-refractivity contribution is -0.117. The van der Waals surface area contributed by atoms with E-state index in [1.807, 2.05) is 43.3 Å². The van der Waals surface area contributed by atoms with E-state index in [0.29, 0.717) is 13.0 Å². The van der Waals surface area contributed by atoms with Gasteiger partial charge in [0.25, 0.3) is 0 Å². The largest absolute Gasteiger partial charge is 0.309 e. The van der Waals surface area contributed by atoms with Gasteiger partial charge in [-0.15, -0.1) is 0 Å². The first kappa shape index (κ1) is 22.4. The second-order valence-electron chi connectivity index (χ2n) is 9.50. The zero-order chi connectivity index (χ0) is 22.3. The molecule has 0 N–H and O–H groups in total. The fraction of sp³-hybridized carbons (Fsp3) is 0.400. The molecule has 5 heteroatoms. The number of nitrogens with zero attached hydrogens (tertiary/aromatic N) is 1. The first-order chi connectivity index (χ1) is 13.9. The van der Waals surface area contributed by atoms with Gasteiger partial charge in [0.1, 0.15) is 0 Å². The molecule has 30 heavy (non-hydrogen) atoms. The van der Waals surface area contributed by atoms with Gasteiger partial charge < -0.3 is 4.90 Å². The molecule has 0 amide bonds. The van der Waals surface area contributed by atoms with Gasteiger partial charge in [-0.05, 0) is 60.3 Å².